The highest BCUT2D eigenvalue weighted by atomic mass is 16.5. The summed E-state index contributed by atoms with van der Waals surface area (Å²) < 4.78 is 5.54. The van der Waals surface area contributed by atoms with Crippen molar-refractivity contribution in [2.24, 2.45) is 0 Å². The van der Waals surface area contributed by atoms with Gasteiger partial charge in [-0.15, -0.1) is 0 Å². The molecule has 0 aliphatic heterocycles. The van der Waals surface area contributed by atoms with E-state index in [1.807, 2.05) is 57.5 Å². The zero-order valence-electron chi connectivity index (χ0n) is 16.0. The monoisotopic (exact) mass is 364 g/mol. The predicted octanol–water partition coefficient (Wildman–Crippen LogP) is 3.36. The van der Waals surface area contributed by atoms with E-state index < -0.39 is 0 Å². The van der Waals surface area contributed by atoms with E-state index in [1.165, 1.54) is 0 Å². The lowest BCUT2D eigenvalue weighted by Gasteiger charge is -2.13. The fourth-order valence-corrected chi connectivity index (χ4v) is 2.80. The van der Waals surface area contributed by atoms with Crippen molar-refractivity contribution in [3.8, 4) is 17.0 Å². The third-order valence-corrected chi connectivity index (χ3v) is 4.05. The minimum absolute atomic E-state index is 0.535. The van der Waals surface area contributed by atoms with E-state index in [0.717, 1.165) is 46.3 Å². The van der Waals surface area contributed by atoms with Gasteiger partial charge in [-0.1, -0.05) is 0 Å². The number of hydrogen-bond donors (Lipinski definition) is 3. The maximum Gasteiger partial charge on any atom is 0.229 e. The zero-order valence-corrected chi connectivity index (χ0v) is 16.0. The molecule has 0 spiro atoms. The standard InChI is InChI=1S/C20H24N6O/c1-13-9-19(22-3)26-20(24-13)25-15-5-6-18(27-4)16(11-15)17-10-14(12-21-2)7-8-23-17/h5-11,21H,12H2,1-4H3,(H2,22,24,25,26). The molecule has 0 saturated carbocycles. The molecular formula is C20H24N6O. The lowest BCUT2D eigenvalue weighted by Crippen LogP contribution is -2.05. The van der Waals surface area contributed by atoms with Crippen LogP contribution in [-0.2, 0) is 6.54 Å². The van der Waals surface area contributed by atoms with Crippen LogP contribution in [0.5, 0.6) is 5.75 Å². The highest BCUT2D eigenvalue weighted by Gasteiger charge is 2.10. The minimum Gasteiger partial charge on any atom is -0.496 e. The van der Waals surface area contributed by atoms with Gasteiger partial charge in [-0.3, -0.25) is 4.98 Å². The molecular weight excluding hydrogens is 340 g/mol. The molecule has 140 valence electrons. The second kappa shape index (κ2) is 8.46. The molecule has 0 saturated heterocycles. The van der Waals surface area contributed by atoms with Crippen molar-refractivity contribution in [1.29, 1.82) is 0 Å². The van der Waals surface area contributed by atoms with Crippen LogP contribution in [0.1, 0.15) is 11.3 Å². The van der Waals surface area contributed by atoms with E-state index in [1.54, 1.807) is 7.11 Å². The van der Waals surface area contributed by atoms with Gasteiger partial charge >= 0.3 is 0 Å². The van der Waals surface area contributed by atoms with Crippen molar-refractivity contribution in [3.05, 3.63) is 53.9 Å². The third-order valence-electron chi connectivity index (χ3n) is 4.05. The molecule has 3 aromatic rings. The van der Waals surface area contributed by atoms with Gasteiger partial charge in [0.2, 0.25) is 5.95 Å². The molecule has 7 heteroatoms. The maximum atomic E-state index is 5.54. The molecule has 2 aromatic heterocycles. The van der Waals surface area contributed by atoms with E-state index in [4.69, 9.17) is 4.74 Å². The van der Waals surface area contributed by atoms with Crippen molar-refractivity contribution in [3.63, 3.8) is 0 Å². The van der Waals surface area contributed by atoms with E-state index in [0.29, 0.717) is 5.95 Å². The molecule has 0 aliphatic rings. The van der Waals surface area contributed by atoms with E-state index in [9.17, 15) is 0 Å². The molecule has 0 aliphatic carbocycles. The normalized spacial score (nSPS) is 10.5. The number of rotatable bonds is 7. The van der Waals surface area contributed by atoms with Gasteiger partial charge in [0.25, 0.3) is 0 Å². The molecule has 0 unspecified atom stereocenters. The number of aryl methyl sites for hydroxylation is 1. The molecule has 2 heterocycles. The summed E-state index contributed by atoms with van der Waals surface area (Å²) in [4.78, 5) is 13.4. The van der Waals surface area contributed by atoms with Gasteiger partial charge in [-0.05, 0) is 49.9 Å². The van der Waals surface area contributed by atoms with Crippen LogP contribution in [-0.4, -0.2) is 36.2 Å². The topological polar surface area (TPSA) is 84.0 Å². The number of benzene rings is 1. The number of nitrogens with one attached hydrogen (secondary N) is 3. The van der Waals surface area contributed by atoms with Gasteiger partial charge in [0.15, 0.2) is 0 Å². The summed E-state index contributed by atoms with van der Waals surface area (Å²) in [6.07, 6.45) is 1.81. The first-order valence-corrected chi connectivity index (χ1v) is 8.71. The number of nitrogens with zero attached hydrogens (tertiary/aromatic N) is 3. The summed E-state index contributed by atoms with van der Waals surface area (Å²) in [6.45, 7) is 2.71. The Morgan fingerprint density at radius 2 is 1.89 bits per heavy atom. The first kappa shape index (κ1) is 18.6. The Hall–Kier alpha value is -3.19. The Kier molecular flexibility index (Phi) is 5.83. The smallest absolute Gasteiger partial charge is 0.229 e. The van der Waals surface area contributed by atoms with Crippen molar-refractivity contribution in [2.45, 2.75) is 13.5 Å². The lowest BCUT2D eigenvalue weighted by molar-refractivity contribution is 0.416. The van der Waals surface area contributed by atoms with Crippen LogP contribution in [0.15, 0.2) is 42.6 Å². The van der Waals surface area contributed by atoms with Gasteiger partial charge in [0.05, 0.1) is 12.8 Å². The highest BCUT2D eigenvalue weighted by molar-refractivity contribution is 5.73. The number of aromatic nitrogens is 3. The SMILES string of the molecule is CNCc1ccnc(-c2cc(Nc3nc(C)cc(NC)n3)ccc2OC)c1. The zero-order chi connectivity index (χ0) is 19.2. The largest absolute Gasteiger partial charge is 0.496 e. The van der Waals surface area contributed by atoms with Crippen LogP contribution < -0.4 is 20.7 Å². The van der Waals surface area contributed by atoms with Gasteiger partial charge in [0.1, 0.15) is 11.6 Å². The quantitative estimate of drug-likeness (QED) is 0.593. The molecule has 0 radical (unpaired) electrons. The Balaban J connectivity index is 1.96. The first-order valence-electron chi connectivity index (χ1n) is 8.71. The predicted molar refractivity (Wildman–Crippen MR) is 109 cm³/mol. The molecule has 7 nitrogen and oxygen atoms in total. The highest BCUT2D eigenvalue weighted by Crippen LogP contribution is 2.32. The van der Waals surface area contributed by atoms with Gasteiger partial charge in [-0.2, -0.15) is 4.98 Å². The summed E-state index contributed by atoms with van der Waals surface area (Å²) in [5.41, 5.74) is 4.65. The molecule has 3 N–H and O–H groups in total. The maximum absolute atomic E-state index is 5.54. The summed E-state index contributed by atoms with van der Waals surface area (Å²) >= 11 is 0. The summed E-state index contributed by atoms with van der Waals surface area (Å²) in [5.74, 6) is 2.06. The van der Waals surface area contributed by atoms with E-state index >= 15 is 0 Å². The number of anilines is 3. The Morgan fingerprint density at radius 1 is 1.04 bits per heavy atom. The minimum atomic E-state index is 0.535. The van der Waals surface area contributed by atoms with Crippen LogP contribution in [0.2, 0.25) is 0 Å². The summed E-state index contributed by atoms with van der Waals surface area (Å²) in [7, 11) is 5.42. The van der Waals surface area contributed by atoms with Gasteiger partial charge < -0.3 is 20.7 Å². The number of pyridine rings is 1. The second-order valence-electron chi connectivity index (χ2n) is 6.09. The molecule has 0 atom stereocenters. The van der Waals surface area contributed by atoms with Gasteiger partial charge in [0, 0.05) is 42.8 Å². The van der Waals surface area contributed by atoms with Crippen molar-refractivity contribution in [1.82, 2.24) is 20.3 Å². The third kappa shape index (κ3) is 4.51. The Morgan fingerprint density at radius 3 is 2.63 bits per heavy atom. The van der Waals surface area contributed by atoms with Crippen LogP contribution in [0.25, 0.3) is 11.3 Å². The molecule has 0 amide bonds. The van der Waals surface area contributed by atoms with Crippen LogP contribution >= 0.6 is 0 Å². The van der Waals surface area contributed by atoms with Crippen molar-refractivity contribution >= 4 is 17.5 Å². The van der Waals surface area contributed by atoms with Gasteiger partial charge in [-0.25, -0.2) is 4.98 Å². The van der Waals surface area contributed by atoms with E-state index in [-0.39, 0.29) is 0 Å². The van der Waals surface area contributed by atoms with Crippen molar-refractivity contribution in [2.75, 3.05) is 31.8 Å². The molecule has 0 fully saturated rings. The number of methoxy groups -OCH3 is 1. The fraction of sp³-hybridized carbons (Fsp3) is 0.250. The first-order chi connectivity index (χ1) is 13.1. The second-order valence-corrected chi connectivity index (χ2v) is 6.09. The molecule has 3 rings (SSSR count). The molecule has 0 bridgehead atoms. The molecule has 1 aromatic carbocycles. The van der Waals surface area contributed by atoms with Crippen LogP contribution in [0.4, 0.5) is 17.5 Å². The number of ether oxygens (including phenoxy) is 1. The Bertz CT molecular complexity index is 928. The van der Waals surface area contributed by atoms with Crippen LogP contribution in [0.3, 0.4) is 0 Å². The average Bonchev–Trinajstić information content (AvgIpc) is 2.68. The summed E-state index contributed by atoms with van der Waals surface area (Å²) in [5, 5.41) is 9.46. The summed E-state index contributed by atoms with van der Waals surface area (Å²) in [6, 6.07) is 11.8. The Labute approximate surface area is 159 Å². The average molecular weight is 364 g/mol. The fourth-order valence-electron chi connectivity index (χ4n) is 2.80. The van der Waals surface area contributed by atoms with Crippen LogP contribution in [0, 0.1) is 6.92 Å². The van der Waals surface area contributed by atoms with Crippen molar-refractivity contribution < 1.29 is 4.74 Å². The molecule has 27 heavy (non-hydrogen) atoms. The number of hydrogen-bond acceptors (Lipinski definition) is 7. The lowest BCUT2D eigenvalue weighted by atomic mass is 10.1. The van der Waals surface area contributed by atoms with E-state index in [2.05, 4.69) is 37.0 Å².